The Morgan fingerprint density at radius 1 is 1.44 bits per heavy atom. The Balaban J connectivity index is 2.58. The number of fused-ring (bicyclic) bond motifs is 1. The number of aliphatic hydroxyl groups excluding tert-OH is 1. The van der Waals surface area contributed by atoms with Gasteiger partial charge in [0.25, 0.3) is 0 Å². The van der Waals surface area contributed by atoms with E-state index in [4.69, 9.17) is 0 Å². The van der Waals surface area contributed by atoms with Crippen LogP contribution >= 0.6 is 0 Å². The minimum atomic E-state index is -4.45. The highest BCUT2D eigenvalue weighted by Crippen LogP contribution is 2.30. The SMILES string of the molecule is CC(O)Cn1c(=O)[nH]c2cc(C(F)(F)F)ccc21. The average molecular weight is 260 g/mol. The van der Waals surface area contributed by atoms with Crippen LogP contribution in [-0.4, -0.2) is 20.8 Å². The van der Waals surface area contributed by atoms with Gasteiger partial charge >= 0.3 is 11.9 Å². The van der Waals surface area contributed by atoms with Crippen LogP contribution in [0.3, 0.4) is 0 Å². The lowest BCUT2D eigenvalue weighted by molar-refractivity contribution is -0.137. The van der Waals surface area contributed by atoms with Gasteiger partial charge < -0.3 is 10.1 Å². The van der Waals surface area contributed by atoms with Crippen LogP contribution in [0.4, 0.5) is 13.2 Å². The average Bonchev–Trinajstić information content (AvgIpc) is 2.53. The zero-order valence-electron chi connectivity index (χ0n) is 9.45. The maximum atomic E-state index is 12.5. The highest BCUT2D eigenvalue weighted by atomic mass is 19.4. The van der Waals surface area contributed by atoms with Crippen LogP contribution in [-0.2, 0) is 12.7 Å². The van der Waals surface area contributed by atoms with Gasteiger partial charge in [0.1, 0.15) is 0 Å². The van der Waals surface area contributed by atoms with Crippen LogP contribution in [0.1, 0.15) is 12.5 Å². The molecule has 0 amide bonds. The maximum absolute atomic E-state index is 12.5. The van der Waals surface area contributed by atoms with Crippen molar-refractivity contribution in [3.63, 3.8) is 0 Å². The number of hydrogen-bond acceptors (Lipinski definition) is 2. The number of nitrogens with one attached hydrogen (secondary N) is 1. The zero-order valence-corrected chi connectivity index (χ0v) is 9.45. The highest BCUT2D eigenvalue weighted by Gasteiger charge is 2.30. The monoisotopic (exact) mass is 260 g/mol. The van der Waals surface area contributed by atoms with Gasteiger partial charge in [0.05, 0.1) is 29.2 Å². The van der Waals surface area contributed by atoms with E-state index in [2.05, 4.69) is 4.98 Å². The molecule has 0 saturated carbocycles. The number of aromatic amines is 1. The number of benzene rings is 1. The number of nitrogens with zero attached hydrogens (tertiary/aromatic N) is 1. The topological polar surface area (TPSA) is 58.0 Å². The van der Waals surface area contributed by atoms with Gasteiger partial charge in [-0.25, -0.2) is 4.79 Å². The van der Waals surface area contributed by atoms with Crippen LogP contribution in [0.15, 0.2) is 23.0 Å². The summed E-state index contributed by atoms with van der Waals surface area (Å²) in [6.45, 7) is 1.53. The van der Waals surface area contributed by atoms with Crippen LogP contribution in [0.25, 0.3) is 11.0 Å². The first-order chi connectivity index (χ1) is 8.29. The maximum Gasteiger partial charge on any atom is 0.416 e. The van der Waals surface area contributed by atoms with Crippen molar-refractivity contribution in [1.29, 1.82) is 0 Å². The Bertz CT molecular complexity index is 625. The van der Waals surface area contributed by atoms with Crippen molar-refractivity contribution in [2.75, 3.05) is 0 Å². The Hall–Kier alpha value is -1.76. The normalized spacial score (nSPS) is 14.1. The summed E-state index contributed by atoms with van der Waals surface area (Å²) in [5.74, 6) is 0. The molecule has 98 valence electrons. The molecule has 0 aliphatic carbocycles. The summed E-state index contributed by atoms with van der Waals surface area (Å²) >= 11 is 0. The van der Waals surface area contributed by atoms with Crippen LogP contribution < -0.4 is 5.69 Å². The smallest absolute Gasteiger partial charge is 0.392 e. The minimum absolute atomic E-state index is 0.0319. The number of aliphatic hydroxyl groups is 1. The second-order valence-electron chi connectivity index (χ2n) is 4.12. The largest absolute Gasteiger partial charge is 0.416 e. The van der Waals surface area contributed by atoms with E-state index in [0.29, 0.717) is 5.52 Å². The van der Waals surface area contributed by atoms with Gasteiger partial charge in [-0.05, 0) is 25.1 Å². The lowest BCUT2D eigenvalue weighted by Crippen LogP contribution is -2.22. The van der Waals surface area contributed by atoms with Crippen molar-refractivity contribution < 1.29 is 18.3 Å². The summed E-state index contributed by atoms with van der Waals surface area (Å²) in [6.07, 6.45) is -5.21. The summed E-state index contributed by atoms with van der Waals surface area (Å²) in [4.78, 5) is 13.9. The molecule has 0 radical (unpaired) electrons. The third kappa shape index (κ3) is 2.26. The van der Waals surface area contributed by atoms with Crippen molar-refractivity contribution >= 4 is 11.0 Å². The predicted molar refractivity (Wildman–Crippen MR) is 59.2 cm³/mol. The van der Waals surface area contributed by atoms with Crippen molar-refractivity contribution in [3.05, 3.63) is 34.2 Å². The van der Waals surface area contributed by atoms with Gasteiger partial charge in [0.2, 0.25) is 0 Å². The molecule has 2 rings (SSSR count). The first-order valence-electron chi connectivity index (χ1n) is 5.27. The van der Waals surface area contributed by atoms with E-state index in [1.54, 1.807) is 0 Å². The molecular weight excluding hydrogens is 249 g/mol. The number of alkyl halides is 3. The van der Waals surface area contributed by atoms with Gasteiger partial charge in [0.15, 0.2) is 0 Å². The molecular formula is C11H11F3N2O2. The first kappa shape index (κ1) is 12.7. The minimum Gasteiger partial charge on any atom is -0.392 e. The molecule has 2 aromatic rings. The van der Waals surface area contributed by atoms with Gasteiger partial charge in [0, 0.05) is 0 Å². The van der Waals surface area contributed by atoms with Crippen LogP contribution in [0.5, 0.6) is 0 Å². The number of rotatable bonds is 2. The van der Waals surface area contributed by atoms with Crippen molar-refractivity contribution in [3.8, 4) is 0 Å². The number of halogens is 3. The van der Waals surface area contributed by atoms with E-state index in [-0.39, 0.29) is 12.1 Å². The Labute approximate surface area is 99.7 Å². The second kappa shape index (κ2) is 4.16. The van der Waals surface area contributed by atoms with Gasteiger partial charge in [-0.15, -0.1) is 0 Å². The van der Waals surface area contributed by atoms with Gasteiger partial charge in [-0.2, -0.15) is 13.2 Å². The number of imidazole rings is 1. The number of aromatic nitrogens is 2. The molecule has 1 heterocycles. The lowest BCUT2D eigenvalue weighted by Gasteiger charge is -2.08. The number of hydrogen-bond donors (Lipinski definition) is 2. The quantitative estimate of drug-likeness (QED) is 0.864. The van der Waals surface area contributed by atoms with E-state index in [1.165, 1.54) is 17.6 Å². The zero-order chi connectivity index (χ0) is 13.5. The molecule has 1 atom stereocenters. The third-order valence-corrected chi connectivity index (χ3v) is 2.55. The Morgan fingerprint density at radius 3 is 2.67 bits per heavy atom. The molecule has 0 bridgehead atoms. The van der Waals surface area contributed by atoms with Gasteiger partial charge in [-0.1, -0.05) is 0 Å². The van der Waals surface area contributed by atoms with Crippen LogP contribution in [0.2, 0.25) is 0 Å². The molecule has 2 N–H and O–H groups in total. The molecule has 4 nitrogen and oxygen atoms in total. The predicted octanol–water partition coefficient (Wildman–Crippen LogP) is 1.73. The molecule has 0 saturated heterocycles. The van der Waals surface area contributed by atoms with E-state index < -0.39 is 23.5 Å². The molecule has 0 aliphatic heterocycles. The molecule has 1 aromatic heterocycles. The van der Waals surface area contributed by atoms with E-state index in [9.17, 15) is 23.1 Å². The Kier molecular flexibility index (Phi) is 2.94. The fourth-order valence-corrected chi connectivity index (χ4v) is 1.79. The molecule has 7 heteroatoms. The summed E-state index contributed by atoms with van der Waals surface area (Å²) < 4.78 is 38.7. The molecule has 0 fully saturated rings. The molecule has 0 aliphatic rings. The van der Waals surface area contributed by atoms with Crippen molar-refractivity contribution in [1.82, 2.24) is 9.55 Å². The highest BCUT2D eigenvalue weighted by molar-refractivity contribution is 5.76. The third-order valence-electron chi connectivity index (χ3n) is 2.55. The van der Waals surface area contributed by atoms with Crippen molar-refractivity contribution in [2.45, 2.75) is 25.7 Å². The summed E-state index contributed by atoms with van der Waals surface area (Å²) in [7, 11) is 0. The molecule has 0 spiro atoms. The van der Waals surface area contributed by atoms with Crippen molar-refractivity contribution in [2.24, 2.45) is 0 Å². The van der Waals surface area contributed by atoms with E-state index >= 15 is 0 Å². The van der Waals surface area contributed by atoms with Crippen LogP contribution in [0, 0.1) is 0 Å². The fraction of sp³-hybridized carbons (Fsp3) is 0.364. The molecule has 18 heavy (non-hydrogen) atoms. The second-order valence-corrected chi connectivity index (χ2v) is 4.12. The summed E-state index contributed by atoms with van der Waals surface area (Å²) in [6, 6.07) is 3.02. The Morgan fingerprint density at radius 2 is 2.11 bits per heavy atom. The number of H-pyrrole nitrogens is 1. The fourth-order valence-electron chi connectivity index (χ4n) is 1.79. The molecule has 1 aromatic carbocycles. The van der Waals surface area contributed by atoms with Gasteiger partial charge in [-0.3, -0.25) is 4.57 Å². The van der Waals surface area contributed by atoms with E-state index in [1.807, 2.05) is 0 Å². The summed E-state index contributed by atoms with van der Waals surface area (Å²) in [5.41, 5.74) is -0.907. The van der Waals surface area contributed by atoms with E-state index in [0.717, 1.165) is 12.1 Å². The lowest BCUT2D eigenvalue weighted by atomic mass is 10.2. The summed E-state index contributed by atoms with van der Waals surface area (Å²) in [5, 5.41) is 9.24. The first-order valence-corrected chi connectivity index (χ1v) is 5.27. The standard InChI is InChI=1S/C11H11F3N2O2/c1-6(17)5-16-9-3-2-7(11(12,13)14)4-8(9)15-10(16)18/h2-4,6,17H,5H2,1H3,(H,15,18). The molecule has 1 unspecified atom stereocenters.